The fourth-order valence-electron chi connectivity index (χ4n) is 1.93. The molecule has 0 saturated heterocycles. The number of thiophene rings is 1. The quantitative estimate of drug-likeness (QED) is 0.693. The third-order valence-electron chi connectivity index (χ3n) is 3.03. The number of benzene rings is 1. The topological polar surface area (TPSA) is 51.2 Å². The number of aromatic nitrogens is 1. The van der Waals surface area contributed by atoms with Gasteiger partial charge in [0.05, 0.1) is 12.7 Å². The molecule has 0 saturated carbocycles. The van der Waals surface area contributed by atoms with Gasteiger partial charge in [0.15, 0.2) is 0 Å². The number of carbonyl (C=O) groups excluding carboxylic acids is 1. The van der Waals surface area contributed by atoms with Crippen LogP contribution in [-0.2, 0) is 6.54 Å². The van der Waals surface area contributed by atoms with Gasteiger partial charge in [-0.1, -0.05) is 0 Å². The van der Waals surface area contributed by atoms with Crippen molar-refractivity contribution in [3.8, 4) is 11.5 Å². The van der Waals surface area contributed by atoms with E-state index in [0.29, 0.717) is 23.6 Å². The van der Waals surface area contributed by atoms with Gasteiger partial charge in [-0.25, -0.2) is 0 Å². The van der Waals surface area contributed by atoms with E-state index in [9.17, 15) is 4.79 Å². The highest BCUT2D eigenvalue weighted by molar-refractivity contribution is 9.10. The van der Waals surface area contributed by atoms with Crippen molar-refractivity contribution in [3.05, 3.63) is 75.2 Å². The lowest BCUT2D eigenvalue weighted by atomic mass is 10.2. The van der Waals surface area contributed by atoms with Crippen LogP contribution >= 0.6 is 27.3 Å². The van der Waals surface area contributed by atoms with Crippen molar-refractivity contribution in [1.29, 1.82) is 0 Å². The second kappa shape index (κ2) is 7.39. The van der Waals surface area contributed by atoms with Crippen molar-refractivity contribution < 1.29 is 9.53 Å². The zero-order valence-electron chi connectivity index (χ0n) is 12.0. The third-order valence-corrected chi connectivity index (χ3v) is 4.73. The van der Waals surface area contributed by atoms with Crippen molar-refractivity contribution in [3.63, 3.8) is 0 Å². The van der Waals surface area contributed by atoms with Crippen molar-refractivity contribution in [1.82, 2.24) is 10.3 Å². The molecule has 0 bridgehead atoms. The zero-order valence-corrected chi connectivity index (χ0v) is 14.4. The molecule has 116 valence electrons. The number of carbonyl (C=O) groups is 1. The molecule has 0 aliphatic heterocycles. The fraction of sp³-hybridized carbons (Fsp3) is 0.0588. The van der Waals surface area contributed by atoms with Crippen LogP contribution in [-0.4, -0.2) is 10.9 Å². The van der Waals surface area contributed by atoms with E-state index in [2.05, 4.69) is 26.2 Å². The molecular formula is C17H13BrN2O2S. The number of pyridine rings is 1. The maximum atomic E-state index is 12.1. The number of hydrogen-bond donors (Lipinski definition) is 1. The number of halogens is 1. The Hall–Kier alpha value is -2.18. The van der Waals surface area contributed by atoms with Gasteiger partial charge in [0.25, 0.3) is 5.91 Å². The molecule has 0 aliphatic rings. The molecule has 1 aromatic carbocycles. The molecule has 2 aromatic heterocycles. The van der Waals surface area contributed by atoms with Crippen LogP contribution in [0.1, 0.15) is 15.2 Å². The summed E-state index contributed by atoms with van der Waals surface area (Å²) in [6, 6.07) is 12.6. The van der Waals surface area contributed by atoms with Crippen LogP contribution in [0.5, 0.6) is 11.5 Å². The van der Waals surface area contributed by atoms with E-state index in [4.69, 9.17) is 4.74 Å². The number of ether oxygens (including phenoxy) is 1. The zero-order chi connectivity index (χ0) is 16.1. The Labute approximate surface area is 146 Å². The Morgan fingerprint density at radius 2 is 2.04 bits per heavy atom. The van der Waals surface area contributed by atoms with E-state index < -0.39 is 0 Å². The number of hydrogen-bond acceptors (Lipinski definition) is 4. The summed E-state index contributed by atoms with van der Waals surface area (Å²) in [5.74, 6) is 1.21. The van der Waals surface area contributed by atoms with Crippen molar-refractivity contribution in [2.75, 3.05) is 0 Å². The molecule has 0 spiro atoms. The van der Waals surface area contributed by atoms with E-state index in [0.717, 1.165) is 9.35 Å². The lowest BCUT2D eigenvalue weighted by Crippen LogP contribution is -2.22. The summed E-state index contributed by atoms with van der Waals surface area (Å²) in [5.41, 5.74) is 0.596. The summed E-state index contributed by atoms with van der Waals surface area (Å²) in [4.78, 5) is 17.2. The number of amides is 1. The van der Waals surface area contributed by atoms with Crippen LogP contribution < -0.4 is 10.1 Å². The molecule has 2 heterocycles. The largest absolute Gasteiger partial charge is 0.456 e. The standard InChI is InChI=1S/C17H13BrN2O2S/c18-13-8-16(23-11-13)10-20-17(21)12-3-5-14(6-4-12)22-15-2-1-7-19-9-15/h1-9,11H,10H2,(H,20,21). The molecule has 3 rings (SSSR count). The SMILES string of the molecule is O=C(NCc1cc(Br)cs1)c1ccc(Oc2cccnc2)cc1. The Balaban J connectivity index is 1.59. The predicted octanol–water partition coefficient (Wildman–Crippen LogP) is 4.63. The van der Waals surface area contributed by atoms with Gasteiger partial charge in [-0.05, 0) is 58.4 Å². The molecule has 23 heavy (non-hydrogen) atoms. The summed E-state index contributed by atoms with van der Waals surface area (Å²) in [7, 11) is 0. The lowest BCUT2D eigenvalue weighted by molar-refractivity contribution is 0.0951. The van der Waals surface area contributed by atoms with Crippen LogP contribution in [0.15, 0.2) is 64.7 Å². The highest BCUT2D eigenvalue weighted by Crippen LogP contribution is 2.21. The summed E-state index contributed by atoms with van der Waals surface area (Å²) < 4.78 is 6.68. The molecular weight excluding hydrogens is 376 g/mol. The van der Waals surface area contributed by atoms with E-state index in [-0.39, 0.29) is 5.91 Å². The monoisotopic (exact) mass is 388 g/mol. The van der Waals surface area contributed by atoms with Crippen LogP contribution in [0.3, 0.4) is 0 Å². The normalized spacial score (nSPS) is 10.3. The maximum Gasteiger partial charge on any atom is 0.251 e. The predicted molar refractivity (Wildman–Crippen MR) is 93.9 cm³/mol. The van der Waals surface area contributed by atoms with Crippen LogP contribution in [0.25, 0.3) is 0 Å². The average Bonchev–Trinajstić information content (AvgIpc) is 3.00. The summed E-state index contributed by atoms with van der Waals surface area (Å²) in [6.45, 7) is 0.517. The molecule has 0 fully saturated rings. The Morgan fingerprint density at radius 3 is 2.70 bits per heavy atom. The van der Waals surface area contributed by atoms with Gasteiger partial charge in [0.1, 0.15) is 11.5 Å². The minimum Gasteiger partial charge on any atom is -0.456 e. The van der Waals surface area contributed by atoms with Crippen LogP contribution in [0, 0.1) is 0 Å². The van der Waals surface area contributed by atoms with Gasteiger partial charge in [0.2, 0.25) is 0 Å². The lowest BCUT2D eigenvalue weighted by Gasteiger charge is -2.07. The second-order valence-corrected chi connectivity index (χ2v) is 6.64. The Morgan fingerprint density at radius 1 is 1.22 bits per heavy atom. The molecule has 1 N–H and O–H groups in total. The summed E-state index contributed by atoms with van der Waals surface area (Å²) in [5, 5.41) is 4.89. The Bertz CT molecular complexity index is 788. The average molecular weight is 389 g/mol. The Kier molecular flexibility index (Phi) is 5.05. The van der Waals surface area contributed by atoms with Crippen LogP contribution in [0.4, 0.5) is 0 Å². The molecule has 1 amide bonds. The minimum atomic E-state index is -0.109. The van der Waals surface area contributed by atoms with Gasteiger partial charge in [-0.2, -0.15) is 0 Å². The molecule has 6 heteroatoms. The maximum absolute atomic E-state index is 12.1. The first-order chi connectivity index (χ1) is 11.2. The highest BCUT2D eigenvalue weighted by atomic mass is 79.9. The van der Waals surface area contributed by atoms with Gasteiger partial charge < -0.3 is 10.1 Å². The first-order valence-corrected chi connectivity index (χ1v) is 8.57. The van der Waals surface area contributed by atoms with Gasteiger partial charge in [0, 0.05) is 26.5 Å². The van der Waals surface area contributed by atoms with Gasteiger partial charge in [-0.3, -0.25) is 9.78 Å². The van der Waals surface area contributed by atoms with Gasteiger partial charge in [-0.15, -0.1) is 11.3 Å². The minimum absolute atomic E-state index is 0.109. The van der Waals surface area contributed by atoms with E-state index >= 15 is 0 Å². The molecule has 0 aliphatic carbocycles. The van der Waals surface area contributed by atoms with Crippen molar-refractivity contribution in [2.45, 2.75) is 6.54 Å². The molecule has 0 radical (unpaired) electrons. The molecule has 0 atom stereocenters. The van der Waals surface area contributed by atoms with Crippen molar-refractivity contribution >= 4 is 33.2 Å². The molecule has 4 nitrogen and oxygen atoms in total. The van der Waals surface area contributed by atoms with E-state index in [1.54, 1.807) is 54.1 Å². The third kappa shape index (κ3) is 4.40. The number of rotatable bonds is 5. The summed E-state index contributed by atoms with van der Waals surface area (Å²) >= 11 is 5.00. The number of nitrogens with one attached hydrogen (secondary N) is 1. The van der Waals surface area contributed by atoms with Crippen molar-refractivity contribution in [2.24, 2.45) is 0 Å². The van der Waals surface area contributed by atoms with Gasteiger partial charge >= 0.3 is 0 Å². The fourth-order valence-corrected chi connectivity index (χ4v) is 3.32. The first kappa shape index (κ1) is 15.7. The molecule has 0 unspecified atom stereocenters. The van der Waals surface area contributed by atoms with E-state index in [1.165, 1.54) is 0 Å². The van der Waals surface area contributed by atoms with E-state index in [1.807, 2.05) is 17.5 Å². The second-order valence-electron chi connectivity index (χ2n) is 4.73. The van der Waals surface area contributed by atoms with Crippen LogP contribution in [0.2, 0.25) is 0 Å². The summed E-state index contributed by atoms with van der Waals surface area (Å²) in [6.07, 6.45) is 3.33. The molecule has 3 aromatic rings. The smallest absolute Gasteiger partial charge is 0.251 e. The highest BCUT2D eigenvalue weighted by Gasteiger charge is 2.07. The first-order valence-electron chi connectivity index (χ1n) is 6.90. The number of nitrogens with zero attached hydrogens (tertiary/aromatic N) is 1.